The summed E-state index contributed by atoms with van der Waals surface area (Å²) in [6, 6.07) is -0.251. The summed E-state index contributed by atoms with van der Waals surface area (Å²) in [6.45, 7) is 9.80. The molecule has 1 rings (SSSR count). The summed E-state index contributed by atoms with van der Waals surface area (Å²) in [4.78, 5) is 15.7. The van der Waals surface area contributed by atoms with Gasteiger partial charge in [0.1, 0.15) is 5.82 Å². The molecule has 16 heavy (non-hydrogen) atoms. The lowest BCUT2D eigenvalue weighted by Crippen LogP contribution is -2.43. The quantitative estimate of drug-likeness (QED) is 0.837. The van der Waals surface area contributed by atoms with Gasteiger partial charge in [-0.3, -0.25) is 5.32 Å². The van der Waals surface area contributed by atoms with Crippen molar-refractivity contribution in [2.75, 3.05) is 5.32 Å². The Bertz CT molecular complexity index is 367. The Morgan fingerprint density at radius 3 is 2.44 bits per heavy atom. The minimum absolute atomic E-state index is 0.251. The van der Waals surface area contributed by atoms with Crippen LogP contribution in [0.1, 0.15) is 46.4 Å². The van der Waals surface area contributed by atoms with E-state index in [-0.39, 0.29) is 17.5 Å². The number of amides is 2. The Balaban J connectivity index is 2.57. The summed E-state index contributed by atoms with van der Waals surface area (Å²) in [5, 5.41) is 6.00. The van der Waals surface area contributed by atoms with E-state index in [1.54, 1.807) is 0 Å². The van der Waals surface area contributed by atoms with Crippen LogP contribution in [-0.2, 0) is 0 Å². The molecule has 0 fully saturated rings. The predicted molar refractivity (Wildman–Crippen MR) is 65.9 cm³/mol. The maximum absolute atomic E-state index is 11.5. The lowest BCUT2D eigenvalue weighted by Gasteiger charge is -2.19. The molecule has 0 aliphatic rings. The van der Waals surface area contributed by atoms with E-state index in [1.165, 1.54) is 11.5 Å². The van der Waals surface area contributed by atoms with E-state index in [2.05, 4.69) is 20.0 Å². The number of urea groups is 1. The van der Waals surface area contributed by atoms with Crippen molar-refractivity contribution in [2.45, 2.75) is 46.1 Å². The maximum atomic E-state index is 11.5. The Morgan fingerprint density at radius 1 is 1.38 bits per heavy atom. The van der Waals surface area contributed by atoms with Gasteiger partial charge in [-0.15, -0.1) is 0 Å². The summed E-state index contributed by atoms with van der Waals surface area (Å²) in [6.07, 6.45) is 0. The van der Waals surface area contributed by atoms with E-state index >= 15 is 0 Å². The first-order chi connectivity index (χ1) is 7.28. The van der Waals surface area contributed by atoms with E-state index < -0.39 is 0 Å². The topological polar surface area (TPSA) is 66.9 Å². The normalized spacial score (nSPS) is 11.6. The van der Waals surface area contributed by atoms with Crippen molar-refractivity contribution >= 4 is 22.7 Å². The second-order valence-electron chi connectivity index (χ2n) is 4.94. The van der Waals surface area contributed by atoms with Gasteiger partial charge in [0, 0.05) is 23.0 Å². The van der Waals surface area contributed by atoms with Crippen molar-refractivity contribution in [3.05, 3.63) is 5.82 Å². The zero-order valence-electron chi connectivity index (χ0n) is 10.3. The number of carbonyl (C=O) groups is 1. The average molecular weight is 242 g/mol. The molecule has 0 saturated carbocycles. The van der Waals surface area contributed by atoms with Crippen molar-refractivity contribution in [1.82, 2.24) is 14.7 Å². The lowest BCUT2D eigenvalue weighted by molar-refractivity contribution is 0.244. The lowest BCUT2D eigenvalue weighted by atomic mass is 10.1. The highest BCUT2D eigenvalue weighted by atomic mass is 32.1. The summed E-state index contributed by atoms with van der Waals surface area (Å²) in [5.74, 6) is 1.04. The van der Waals surface area contributed by atoms with Crippen LogP contribution < -0.4 is 10.6 Å². The van der Waals surface area contributed by atoms with Gasteiger partial charge in [0.15, 0.2) is 0 Å². The van der Waals surface area contributed by atoms with Crippen LogP contribution in [0.3, 0.4) is 0 Å². The molecule has 1 aromatic rings. The second-order valence-corrected chi connectivity index (χ2v) is 5.69. The molecule has 6 heteroatoms. The molecule has 2 N–H and O–H groups in total. The van der Waals surface area contributed by atoms with Gasteiger partial charge in [-0.25, -0.2) is 9.78 Å². The van der Waals surface area contributed by atoms with Crippen molar-refractivity contribution in [3.63, 3.8) is 0 Å². The maximum Gasteiger partial charge on any atom is 0.321 e. The van der Waals surface area contributed by atoms with Crippen LogP contribution in [0.4, 0.5) is 9.93 Å². The Kier molecular flexibility index (Phi) is 3.85. The van der Waals surface area contributed by atoms with E-state index in [0.717, 1.165) is 5.82 Å². The number of nitrogens with zero attached hydrogens (tertiary/aromatic N) is 2. The molecular formula is C10H18N4OS. The fourth-order valence-electron chi connectivity index (χ4n) is 0.989. The number of aromatic nitrogens is 2. The second kappa shape index (κ2) is 4.78. The van der Waals surface area contributed by atoms with E-state index in [9.17, 15) is 4.79 Å². The zero-order chi connectivity index (χ0) is 12.3. The highest BCUT2D eigenvalue weighted by Crippen LogP contribution is 2.17. The molecule has 0 aromatic carbocycles. The molecule has 0 aliphatic heterocycles. The fourth-order valence-corrected chi connectivity index (χ4v) is 1.69. The first-order valence-corrected chi connectivity index (χ1v) is 5.98. The van der Waals surface area contributed by atoms with Crippen molar-refractivity contribution in [2.24, 2.45) is 0 Å². The number of nitrogens with one attached hydrogen (secondary N) is 2. The van der Waals surface area contributed by atoms with Gasteiger partial charge in [-0.1, -0.05) is 13.8 Å². The number of rotatable bonds is 2. The fraction of sp³-hybridized carbons (Fsp3) is 0.700. The molecule has 0 atom stereocenters. The minimum atomic E-state index is -0.254. The smallest absolute Gasteiger partial charge is 0.321 e. The third-order valence-electron chi connectivity index (χ3n) is 1.67. The van der Waals surface area contributed by atoms with Gasteiger partial charge in [0.25, 0.3) is 0 Å². The largest absolute Gasteiger partial charge is 0.333 e. The van der Waals surface area contributed by atoms with Crippen LogP contribution in [0.15, 0.2) is 0 Å². The van der Waals surface area contributed by atoms with Crippen LogP contribution >= 0.6 is 11.5 Å². The minimum Gasteiger partial charge on any atom is -0.333 e. The standard InChI is InChI=1S/C10H18N4OS/c1-6(2)7-11-9(16-14-7)12-8(15)13-10(3,4)5/h6H,1-5H3,(H2,11,12,13,14,15). The van der Waals surface area contributed by atoms with E-state index in [0.29, 0.717) is 5.13 Å². The summed E-state index contributed by atoms with van der Waals surface area (Å²) in [7, 11) is 0. The number of hydrogen-bond acceptors (Lipinski definition) is 4. The van der Waals surface area contributed by atoms with Gasteiger partial charge in [-0.05, 0) is 20.8 Å². The van der Waals surface area contributed by atoms with Crippen molar-refractivity contribution < 1.29 is 4.79 Å². The average Bonchev–Trinajstić information content (AvgIpc) is 2.48. The Hall–Kier alpha value is -1.17. The highest BCUT2D eigenvalue weighted by molar-refractivity contribution is 7.09. The van der Waals surface area contributed by atoms with Crippen LogP contribution in [0.5, 0.6) is 0 Å². The van der Waals surface area contributed by atoms with E-state index in [4.69, 9.17) is 0 Å². The summed E-state index contributed by atoms with van der Waals surface area (Å²) < 4.78 is 4.15. The molecule has 0 spiro atoms. The molecule has 2 amide bonds. The van der Waals surface area contributed by atoms with Gasteiger partial charge >= 0.3 is 6.03 Å². The van der Waals surface area contributed by atoms with E-state index in [1.807, 2.05) is 34.6 Å². The molecule has 0 bridgehead atoms. The van der Waals surface area contributed by atoms with Crippen molar-refractivity contribution in [3.8, 4) is 0 Å². The van der Waals surface area contributed by atoms with Crippen LogP contribution in [0.2, 0.25) is 0 Å². The number of carbonyl (C=O) groups excluding carboxylic acids is 1. The molecule has 0 radical (unpaired) electrons. The molecule has 5 nitrogen and oxygen atoms in total. The van der Waals surface area contributed by atoms with Crippen LogP contribution in [0.25, 0.3) is 0 Å². The van der Waals surface area contributed by atoms with Crippen LogP contribution in [-0.4, -0.2) is 20.9 Å². The van der Waals surface area contributed by atoms with Crippen molar-refractivity contribution in [1.29, 1.82) is 0 Å². The Labute approximate surface area is 99.8 Å². The van der Waals surface area contributed by atoms with Gasteiger partial charge in [0.2, 0.25) is 5.13 Å². The van der Waals surface area contributed by atoms with Gasteiger partial charge in [0.05, 0.1) is 0 Å². The van der Waals surface area contributed by atoms with Gasteiger partial charge < -0.3 is 5.32 Å². The third-order valence-corrected chi connectivity index (χ3v) is 2.31. The molecule has 0 saturated heterocycles. The summed E-state index contributed by atoms with van der Waals surface area (Å²) >= 11 is 1.20. The Morgan fingerprint density at radius 2 is 2.00 bits per heavy atom. The molecule has 90 valence electrons. The molecule has 1 aromatic heterocycles. The predicted octanol–water partition coefficient (Wildman–Crippen LogP) is 2.58. The monoisotopic (exact) mass is 242 g/mol. The first-order valence-electron chi connectivity index (χ1n) is 5.21. The van der Waals surface area contributed by atoms with Crippen LogP contribution in [0, 0.1) is 0 Å². The number of hydrogen-bond donors (Lipinski definition) is 2. The molecule has 1 heterocycles. The zero-order valence-corrected chi connectivity index (χ0v) is 11.1. The highest BCUT2D eigenvalue weighted by Gasteiger charge is 2.15. The third kappa shape index (κ3) is 4.14. The molecule has 0 aliphatic carbocycles. The number of anilines is 1. The summed E-state index contributed by atoms with van der Waals surface area (Å²) in [5.41, 5.74) is -0.254. The molecule has 0 unspecified atom stereocenters. The molecular weight excluding hydrogens is 224 g/mol. The first kappa shape index (κ1) is 12.9. The SMILES string of the molecule is CC(C)c1nsc(NC(=O)NC(C)(C)C)n1. The van der Waals surface area contributed by atoms with Gasteiger partial charge in [-0.2, -0.15) is 4.37 Å².